The van der Waals surface area contributed by atoms with Gasteiger partial charge in [0.05, 0.1) is 16.2 Å². The molecule has 0 aliphatic rings. The first-order valence-electron chi connectivity index (χ1n) is 8.37. The highest BCUT2D eigenvalue weighted by Gasteiger charge is 2.19. The third-order valence-electron chi connectivity index (χ3n) is 3.97. The highest BCUT2D eigenvalue weighted by atomic mass is 35.5. The minimum Gasteiger partial charge on any atom is -0.352 e. The number of halogens is 1. The molecular weight excluding hydrogens is 376 g/mol. The molecule has 0 saturated heterocycles. The Morgan fingerprint density at radius 2 is 1.96 bits per heavy atom. The fourth-order valence-corrected chi connectivity index (χ4v) is 3.38. The van der Waals surface area contributed by atoms with Crippen LogP contribution in [0.25, 0.3) is 0 Å². The number of hydrogen-bond acceptors (Lipinski definition) is 4. The van der Waals surface area contributed by atoms with E-state index in [4.69, 9.17) is 16.7 Å². The molecule has 26 heavy (non-hydrogen) atoms. The van der Waals surface area contributed by atoms with E-state index in [2.05, 4.69) is 17.3 Å². The Morgan fingerprint density at radius 3 is 2.54 bits per heavy atom. The Morgan fingerprint density at radius 1 is 1.31 bits per heavy atom. The Balaban J connectivity index is 1.96. The third-order valence-corrected chi connectivity index (χ3v) is 5.28. The molecule has 0 bridgehead atoms. The maximum atomic E-state index is 12.4. The average molecular weight is 399 g/mol. The molecule has 1 aromatic heterocycles. The van der Waals surface area contributed by atoms with Gasteiger partial charge in [0, 0.05) is 13.1 Å². The van der Waals surface area contributed by atoms with E-state index in [1.807, 2.05) is 0 Å². The maximum absolute atomic E-state index is 12.4. The summed E-state index contributed by atoms with van der Waals surface area (Å²) in [7, 11) is -3.70. The van der Waals surface area contributed by atoms with Gasteiger partial charge in [0.25, 0.3) is 5.91 Å². The topological polar surface area (TPSA) is 107 Å². The number of sulfonamides is 1. The van der Waals surface area contributed by atoms with Gasteiger partial charge in [-0.15, -0.1) is 0 Å². The molecule has 1 heterocycles. The number of benzene rings is 1. The van der Waals surface area contributed by atoms with Crippen molar-refractivity contribution < 1.29 is 13.2 Å². The lowest BCUT2D eigenvalue weighted by Gasteiger charge is -2.06. The van der Waals surface area contributed by atoms with Gasteiger partial charge in [0.1, 0.15) is 5.15 Å². The van der Waals surface area contributed by atoms with Gasteiger partial charge in [0.2, 0.25) is 10.0 Å². The fourth-order valence-electron chi connectivity index (χ4n) is 2.52. The van der Waals surface area contributed by atoms with Crippen LogP contribution in [0, 0.1) is 6.92 Å². The largest absolute Gasteiger partial charge is 0.352 e. The molecule has 0 atom stereocenters. The van der Waals surface area contributed by atoms with E-state index < -0.39 is 10.0 Å². The van der Waals surface area contributed by atoms with Crippen molar-refractivity contribution in [2.24, 2.45) is 5.14 Å². The Labute approximate surface area is 158 Å². The monoisotopic (exact) mass is 398 g/mol. The van der Waals surface area contributed by atoms with Crippen LogP contribution in [0.15, 0.2) is 29.2 Å². The van der Waals surface area contributed by atoms with Crippen LogP contribution in [0.2, 0.25) is 5.15 Å². The van der Waals surface area contributed by atoms with Crippen molar-refractivity contribution in [3.05, 3.63) is 46.2 Å². The van der Waals surface area contributed by atoms with Crippen LogP contribution >= 0.6 is 11.6 Å². The zero-order chi connectivity index (χ0) is 19.3. The number of primary sulfonamides is 1. The summed E-state index contributed by atoms with van der Waals surface area (Å²) in [5.74, 6) is -0.267. The summed E-state index contributed by atoms with van der Waals surface area (Å²) in [4.78, 5) is 12.5. The predicted octanol–water partition coefficient (Wildman–Crippen LogP) is 2.26. The van der Waals surface area contributed by atoms with Crippen LogP contribution in [0.5, 0.6) is 0 Å². The predicted molar refractivity (Wildman–Crippen MR) is 101 cm³/mol. The molecule has 3 N–H and O–H groups in total. The van der Waals surface area contributed by atoms with Gasteiger partial charge >= 0.3 is 0 Å². The first-order valence-corrected chi connectivity index (χ1v) is 10.3. The molecule has 7 nitrogen and oxygen atoms in total. The van der Waals surface area contributed by atoms with E-state index in [9.17, 15) is 13.2 Å². The summed E-state index contributed by atoms with van der Waals surface area (Å²) < 4.78 is 24.1. The minimum atomic E-state index is -3.70. The molecule has 0 aliphatic heterocycles. The maximum Gasteiger partial charge on any atom is 0.256 e. The Kier molecular flexibility index (Phi) is 6.80. The molecule has 1 aromatic carbocycles. The van der Waals surface area contributed by atoms with Crippen molar-refractivity contribution in [2.75, 3.05) is 6.54 Å². The van der Waals surface area contributed by atoms with E-state index in [-0.39, 0.29) is 10.8 Å². The molecule has 0 radical (unpaired) electrons. The molecule has 0 aliphatic carbocycles. The highest BCUT2D eigenvalue weighted by Crippen LogP contribution is 2.20. The zero-order valence-corrected chi connectivity index (χ0v) is 16.4. The summed E-state index contributed by atoms with van der Waals surface area (Å²) in [5.41, 5.74) is 1.88. The van der Waals surface area contributed by atoms with E-state index in [1.165, 1.54) is 12.1 Å². The van der Waals surface area contributed by atoms with Crippen molar-refractivity contribution >= 4 is 27.5 Å². The van der Waals surface area contributed by atoms with Crippen LogP contribution in [-0.4, -0.2) is 30.7 Å². The van der Waals surface area contributed by atoms with Gasteiger partial charge in [-0.05, 0) is 37.5 Å². The summed E-state index contributed by atoms with van der Waals surface area (Å²) in [6.07, 6.45) is 2.51. The fraction of sp³-hybridized carbons (Fsp3) is 0.412. The lowest BCUT2D eigenvalue weighted by atomic mass is 10.1. The van der Waals surface area contributed by atoms with Crippen molar-refractivity contribution in [1.29, 1.82) is 0 Å². The second-order valence-electron chi connectivity index (χ2n) is 6.02. The first-order chi connectivity index (χ1) is 12.2. The number of unbranched alkanes of at least 4 members (excludes halogenated alkanes) is 1. The number of nitrogens with zero attached hydrogens (tertiary/aromatic N) is 2. The molecule has 0 fully saturated rings. The van der Waals surface area contributed by atoms with Crippen LogP contribution in [0.3, 0.4) is 0 Å². The third kappa shape index (κ3) is 5.06. The number of aryl methyl sites for hydroxylation is 2. The molecular formula is C17H23ClN4O3S. The van der Waals surface area contributed by atoms with Gasteiger partial charge in [-0.2, -0.15) is 5.10 Å². The molecule has 9 heteroatoms. The van der Waals surface area contributed by atoms with Gasteiger partial charge < -0.3 is 5.32 Å². The summed E-state index contributed by atoms with van der Waals surface area (Å²) >= 11 is 6.29. The molecule has 142 valence electrons. The number of nitrogens with two attached hydrogens (primary N) is 1. The smallest absolute Gasteiger partial charge is 0.256 e. The average Bonchev–Trinajstić information content (AvgIpc) is 2.86. The lowest BCUT2D eigenvalue weighted by molar-refractivity contribution is 0.0953. The quantitative estimate of drug-likeness (QED) is 0.711. The summed E-state index contributed by atoms with van der Waals surface area (Å²) in [5, 5.41) is 12.6. The number of carbonyl (C=O) groups is 1. The van der Waals surface area contributed by atoms with Crippen molar-refractivity contribution in [1.82, 2.24) is 15.1 Å². The molecule has 0 unspecified atom stereocenters. The molecule has 2 rings (SSSR count). The van der Waals surface area contributed by atoms with E-state index >= 15 is 0 Å². The Bertz CT molecular complexity index is 876. The van der Waals surface area contributed by atoms with Crippen molar-refractivity contribution in [3.63, 3.8) is 0 Å². The number of amides is 1. The van der Waals surface area contributed by atoms with Crippen LogP contribution in [-0.2, 0) is 23.0 Å². The van der Waals surface area contributed by atoms with Crippen molar-refractivity contribution in [2.45, 2.75) is 44.6 Å². The summed E-state index contributed by atoms with van der Waals surface area (Å²) in [6, 6.07) is 6.25. The minimum absolute atomic E-state index is 0.0622. The number of hydrogen-bond donors (Lipinski definition) is 2. The molecule has 2 aromatic rings. The van der Waals surface area contributed by atoms with Crippen LogP contribution in [0.4, 0.5) is 0 Å². The standard InChI is InChI=1S/C17H23ClN4O3S/c1-3-4-11-22-16(18)15(12(2)21-22)17(23)20-10-9-13-5-7-14(8-6-13)26(19,24)25/h5-8H,3-4,9-11H2,1-2H3,(H,20,23)(H2,19,24,25). The van der Waals surface area contributed by atoms with Gasteiger partial charge in [-0.3, -0.25) is 9.48 Å². The number of carbonyl (C=O) groups excluding carboxylic acids is 1. The van der Waals surface area contributed by atoms with E-state index in [1.54, 1.807) is 23.7 Å². The zero-order valence-electron chi connectivity index (χ0n) is 14.8. The van der Waals surface area contributed by atoms with Gasteiger partial charge in [-0.25, -0.2) is 13.6 Å². The molecule has 0 saturated carbocycles. The van der Waals surface area contributed by atoms with E-state index in [0.717, 1.165) is 18.4 Å². The number of nitrogens with one attached hydrogen (secondary N) is 1. The highest BCUT2D eigenvalue weighted by molar-refractivity contribution is 7.89. The number of rotatable bonds is 8. The lowest BCUT2D eigenvalue weighted by Crippen LogP contribution is -2.26. The second-order valence-corrected chi connectivity index (χ2v) is 7.94. The van der Waals surface area contributed by atoms with E-state index in [0.29, 0.717) is 35.9 Å². The SMILES string of the molecule is CCCCn1nc(C)c(C(=O)NCCc2ccc(S(N)(=O)=O)cc2)c1Cl. The molecule has 0 spiro atoms. The molecule has 1 amide bonds. The summed E-state index contributed by atoms with van der Waals surface area (Å²) in [6.45, 7) is 4.91. The van der Waals surface area contributed by atoms with Gasteiger partial charge in [0.15, 0.2) is 0 Å². The first kappa shape index (κ1) is 20.4. The second kappa shape index (κ2) is 8.66. The normalized spacial score (nSPS) is 11.5. The van der Waals surface area contributed by atoms with Crippen molar-refractivity contribution in [3.8, 4) is 0 Å². The van der Waals surface area contributed by atoms with Crippen LogP contribution in [0.1, 0.15) is 41.4 Å². The number of aromatic nitrogens is 2. The Hall–Kier alpha value is -1.90. The van der Waals surface area contributed by atoms with Crippen LogP contribution < -0.4 is 10.5 Å². The van der Waals surface area contributed by atoms with Gasteiger partial charge in [-0.1, -0.05) is 37.1 Å².